The van der Waals surface area contributed by atoms with E-state index >= 15 is 0 Å². The molecule has 0 aromatic rings. The maximum absolute atomic E-state index is 10.2. The first-order chi connectivity index (χ1) is 5.35. The molecule has 0 radical (unpaired) electrons. The molecule has 0 bridgehead atoms. The minimum Gasteiger partial charge on any atom is -0.303 e. The smallest absolute Gasteiger partial charge is 0.124 e. The van der Waals surface area contributed by atoms with Crippen molar-refractivity contribution in [3.8, 4) is 0 Å². The standard InChI is InChI=1S/C10H14O/c1-3-5-7-10(6-4-2)8-9-11/h3-4,6-7,9H,1,5,8H2,2H3/b6-4-,10-7+. The van der Waals surface area contributed by atoms with E-state index in [1.165, 1.54) is 0 Å². The Bertz CT molecular complexity index is 175. The third kappa shape index (κ3) is 5.34. The monoisotopic (exact) mass is 150 g/mol. The van der Waals surface area contributed by atoms with Crippen LogP contribution < -0.4 is 0 Å². The van der Waals surface area contributed by atoms with Crippen molar-refractivity contribution < 1.29 is 4.79 Å². The maximum Gasteiger partial charge on any atom is 0.124 e. The molecular weight excluding hydrogens is 136 g/mol. The molecule has 0 amide bonds. The second-order valence-corrected chi connectivity index (χ2v) is 2.17. The van der Waals surface area contributed by atoms with Gasteiger partial charge in [-0.05, 0) is 18.9 Å². The number of hydrogen-bond acceptors (Lipinski definition) is 1. The van der Waals surface area contributed by atoms with E-state index in [-0.39, 0.29) is 0 Å². The van der Waals surface area contributed by atoms with Crippen molar-refractivity contribution in [1.82, 2.24) is 0 Å². The van der Waals surface area contributed by atoms with Crippen LogP contribution in [0.5, 0.6) is 0 Å². The molecular formula is C10H14O. The van der Waals surface area contributed by atoms with Crippen LogP contribution in [-0.2, 0) is 4.79 Å². The van der Waals surface area contributed by atoms with Gasteiger partial charge in [-0.2, -0.15) is 0 Å². The first-order valence-corrected chi connectivity index (χ1v) is 3.71. The second kappa shape index (κ2) is 7.00. The second-order valence-electron chi connectivity index (χ2n) is 2.17. The van der Waals surface area contributed by atoms with Gasteiger partial charge < -0.3 is 4.79 Å². The molecule has 1 heteroatoms. The van der Waals surface area contributed by atoms with E-state index in [4.69, 9.17) is 0 Å². The lowest BCUT2D eigenvalue weighted by Crippen LogP contribution is -1.79. The van der Waals surface area contributed by atoms with Gasteiger partial charge in [-0.15, -0.1) is 6.58 Å². The first-order valence-electron chi connectivity index (χ1n) is 3.71. The van der Waals surface area contributed by atoms with Gasteiger partial charge in [0.25, 0.3) is 0 Å². The zero-order valence-electron chi connectivity index (χ0n) is 6.92. The van der Waals surface area contributed by atoms with Crippen molar-refractivity contribution in [2.75, 3.05) is 0 Å². The SMILES string of the molecule is C=CC/C=C(\C=C/C)CC=O. The molecule has 0 atom stereocenters. The van der Waals surface area contributed by atoms with Gasteiger partial charge in [-0.25, -0.2) is 0 Å². The highest BCUT2D eigenvalue weighted by Crippen LogP contribution is 2.02. The Labute approximate surface area is 68.1 Å². The first kappa shape index (κ1) is 9.89. The fourth-order valence-corrected chi connectivity index (χ4v) is 0.764. The van der Waals surface area contributed by atoms with E-state index in [1.807, 2.05) is 31.2 Å². The third-order valence-corrected chi connectivity index (χ3v) is 1.25. The Balaban J connectivity index is 4.05. The summed E-state index contributed by atoms with van der Waals surface area (Å²) in [5.41, 5.74) is 1.06. The summed E-state index contributed by atoms with van der Waals surface area (Å²) in [7, 11) is 0. The Morgan fingerprint density at radius 2 is 2.27 bits per heavy atom. The Morgan fingerprint density at radius 1 is 1.55 bits per heavy atom. The van der Waals surface area contributed by atoms with Gasteiger partial charge >= 0.3 is 0 Å². The minimum atomic E-state index is 0.498. The van der Waals surface area contributed by atoms with Crippen molar-refractivity contribution in [3.63, 3.8) is 0 Å². The number of rotatable bonds is 5. The maximum atomic E-state index is 10.2. The summed E-state index contributed by atoms with van der Waals surface area (Å²) in [6.45, 7) is 5.53. The van der Waals surface area contributed by atoms with Crippen molar-refractivity contribution in [3.05, 3.63) is 36.5 Å². The third-order valence-electron chi connectivity index (χ3n) is 1.25. The van der Waals surface area contributed by atoms with E-state index in [1.54, 1.807) is 0 Å². The Kier molecular flexibility index (Phi) is 6.30. The largest absolute Gasteiger partial charge is 0.303 e. The fraction of sp³-hybridized carbons (Fsp3) is 0.300. The topological polar surface area (TPSA) is 17.1 Å². The quantitative estimate of drug-likeness (QED) is 0.334. The Morgan fingerprint density at radius 3 is 2.73 bits per heavy atom. The zero-order chi connectivity index (χ0) is 8.53. The predicted octanol–water partition coefficient (Wildman–Crippen LogP) is 2.65. The molecule has 0 heterocycles. The molecule has 0 aromatic heterocycles. The number of hydrogen-bond donors (Lipinski definition) is 0. The van der Waals surface area contributed by atoms with Gasteiger partial charge in [-0.1, -0.05) is 24.3 Å². The van der Waals surface area contributed by atoms with Crippen LogP contribution in [0.4, 0.5) is 0 Å². The van der Waals surface area contributed by atoms with Crippen LogP contribution in [0.1, 0.15) is 19.8 Å². The molecule has 0 aliphatic rings. The summed E-state index contributed by atoms with van der Waals surface area (Å²) < 4.78 is 0. The molecule has 0 fully saturated rings. The average Bonchev–Trinajstić information content (AvgIpc) is 2.01. The molecule has 0 saturated heterocycles. The summed E-state index contributed by atoms with van der Waals surface area (Å²) in [6, 6.07) is 0. The molecule has 1 nitrogen and oxygen atoms in total. The fourth-order valence-electron chi connectivity index (χ4n) is 0.764. The molecule has 0 aromatic carbocycles. The molecule has 0 rings (SSSR count). The number of allylic oxidation sites excluding steroid dienone is 5. The number of carbonyl (C=O) groups excluding carboxylic acids is 1. The van der Waals surface area contributed by atoms with Gasteiger partial charge in [-0.3, -0.25) is 0 Å². The number of carbonyl (C=O) groups is 1. The lowest BCUT2D eigenvalue weighted by Gasteiger charge is -1.92. The van der Waals surface area contributed by atoms with Crippen LogP contribution in [-0.4, -0.2) is 6.29 Å². The van der Waals surface area contributed by atoms with Crippen LogP contribution in [0, 0.1) is 0 Å². The average molecular weight is 150 g/mol. The molecule has 60 valence electrons. The molecule has 0 aliphatic carbocycles. The van der Waals surface area contributed by atoms with Crippen molar-refractivity contribution >= 4 is 6.29 Å². The van der Waals surface area contributed by atoms with E-state index in [0.29, 0.717) is 6.42 Å². The lowest BCUT2D eigenvalue weighted by molar-refractivity contribution is -0.107. The van der Waals surface area contributed by atoms with E-state index in [0.717, 1.165) is 18.3 Å². The molecule has 11 heavy (non-hydrogen) atoms. The van der Waals surface area contributed by atoms with E-state index in [2.05, 4.69) is 6.58 Å². The van der Waals surface area contributed by atoms with E-state index in [9.17, 15) is 4.79 Å². The van der Waals surface area contributed by atoms with Crippen LogP contribution in [0.25, 0.3) is 0 Å². The highest BCUT2D eigenvalue weighted by Gasteiger charge is 1.87. The number of aldehydes is 1. The summed E-state index contributed by atoms with van der Waals surface area (Å²) in [5, 5.41) is 0. The van der Waals surface area contributed by atoms with Crippen LogP contribution >= 0.6 is 0 Å². The molecule has 0 saturated carbocycles. The van der Waals surface area contributed by atoms with Crippen molar-refractivity contribution in [2.45, 2.75) is 19.8 Å². The Hall–Kier alpha value is -1.11. The van der Waals surface area contributed by atoms with Gasteiger partial charge in [0.05, 0.1) is 0 Å². The van der Waals surface area contributed by atoms with Crippen LogP contribution in [0.2, 0.25) is 0 Å². The molecule has 0 unspecified atom stereocenters. The van der Waals surface area contributed by atoms with Crippen molar-refractivity contribution in [2.24, 2.45) is 0 Å². The summed E-state index contributed by atoms with van der Waals surface area (Å²) in [4.78, 5) is 10.2. The molecule has 0 aliphatic heterocycles. The molecule has 0 N–H and O–H groups in total. The zero-order valence-corrected chi connectivity index (χ0v) is 6.92. The highest BCUT2D eigenvalue weighted by atomic mass is 16.1. The summed E-state index contributed by atoms with van der Waals surface area (Å²) in [6.07, 6.45) is 9.92. The van der Waals surface area contributed by atoms with Crippen LogP contribution in [0.15, 0.2) is 36.5 Å². The van der Waals surface area contributed by atoms with Gasteiger partial charge in [0.15, 0.2) is 0 Å². The minimum absolute atomic E-state index is 0.498. The molecule has 0 spiro atoms. The van der Waals surface area contributed by atoms with Gasteiger partial charge in [0, 0.05) is 6.42 Å². The van der Waals surface area contributed by atoms with E-state index < -0.39 is 0 Å². The van der Waals surface area contributed by atoms with Gasteiger partial charge in [0.2, 0.25) is 0 Å². The van der Waals surface area contributed by atoms with Crippen molar-refractivity contribution in [1.29, 1.82) is 0 Å². The predicted molar refractivity (Wildman–Crippen MR) is 48.4 cm³/mol. The highest BCUT2D eigenvalue weighted by molar-refractivity contribution is 5.56. The van der Waals surface area contributed by atoms with Gasteiger partial charge in [0.1, 0.15) is 6.29 Å². The van der Waals surface area contributed by atoms with Crippen LogP contribution in [0.3, 0.4) is 0 Å². The lowest BCUT2D eigenvalue weighted by atomic mass is 10.1. The normalized spacial score (nSPS) is 11.9. The summed E-state index contributed by atoms with van der Waals surface area (Å²) in [5.74, 6) is 0. The summed E-state index contributed by atoms with van der Waals surface area (Å²) >= 11 is 0.